The molecule has 1 aromatic heterocycles. The third kappa shape index (κ3) is 3.07. The minimum absolute atomic E-state index is 0.541. The summed E-state index contributed by atoms with van der Waals surface area (Å²) in [5.74, 6) is 0.541. The number of benzene rings is 1. The van der Waals surface area contributed by atoms with Gasteiger partial charge in [-0.1, -0.05) is 19.1 Å². The Hall–Kier alpha value is -2.30. The average Bonchev–Trinajstić information content (AvgIpc) is 2.85. The molecule has 0 aliphatic carbocycles. The zero-order valence-corrected chi connectivity index (χ0v) is 12.9. The van der Waals surface area contributed by atoms with Gasteiger partial charge in [-0.15, -0.1) is 0 Å². The Balaban J connectivity index is 2.48. The number of rotatable bonds is 3. The third-order valence-electron chi connectivity index (χ3n) is 3.30. The van der Waals surface area contributed by atoms with Crippen molar-refractivity contribution >= 4 is 11.9 Å². The molecule has 0 aliphatic rings. The van der Waals surface area contributed by atoms with Gasteiger partial charge in [0.05, 0.1) is 11.9 Å². The zero-order chi connectivity index (χ0) is 15.6. The van der Waals surface area contributed by atoms with Crippen LogP contribution in [-0.4, -0.2) is 26.5 Å². The molecule has 0 radical (unpaired) electrons. The topological polar surface area (TPSA) is 58.4 Å². The van der Waals surface area contributed by atoms with Crippen molar-refractivity contribution in [2.75, 3.05) is 4.90 Å². The Morgan fingerprint density at radius 1 is 1.24 bits per heavy atom. The smallest absolute Gasteiger partial charge is 0.413 e. The van der Waals surface area contributed by atoms with Crippen LogP contribution in [0.25, 0.3) is 5.69 Å². The number of nitrogens with zero attached hydrogens (tertiary/aromatic N) is 3. The van der Waals surface area contributed by atoms with Crippen molar-refractivity contribution in [2.24, 2.45) is 0 Å². The Morgan fingerprint density at radius 2 is 1.86 bits per heavy atom. The van der Waals surface area contributed by atoms with Crippen molar-refractivity contribution in [3.05, 3.63) is 42.1 Å². The number of carbonyl (C=O) groups is 1. The Morgan fingerprint density at radius 3 is 2.33 bits per heavy atom. The van der Waals surface area contributed by atoms with Gasteiger partial charge in [-0.05, 0) is 44.9 Å². The molecule has 0 atom stereocenters. The van der Waals surface area contributed by atoms with Gasteiger partial charge < -0.3 is 5.11 Å². The van der Waals surface area contributed by atoms with Crippen LogP contribution in [-0.2, 0) is 6.42 Å². The normalized spacial score (nSPS) is 11.4. The summed E-state index contributed by atoms with van der Waals surface area (Å²) >= 11 is 0. The standard InChI is InChI=1S/C16H21N3O2/c1-5-12-6-8-13(9-7-12)19-14(10-11-17-19)18(15(20)21)16(2,3)4/h6-11H,5H2,1-4H3,(H,20,21). The summed E-state index contributed by atoms with van der Waals surface area (Å²) in [5.41, 5.74) is 1.54. The molecule has 0 saturated carbocycles. The molecule has 1 amide bonds. The van der Waals surface area contributed by atoms with Crippen LogP contribution in [0, 0.1) is 0 Å². The monoisotopic (exact) mass is 287 g/mol. The second-order valence-corrected chi connectivity index (χ2v) is 5.91. The fourth-order valence-electron chi connectivity index (χ4n) is 2.27. The molecule has 0 spiro atoms. The summed E-state index contributed by atoms with van der Waals surface area (Å²) in [6.45, 7) is 7.68. The molecule has 2 rings (SSSR count). The molecule has 0 bridgehead atoms. The summed E-state index contributed by atoms with van der Waals surface area (Å²) < 4.78 is 1.65. The predicted molar refractivity (Wildman–Crippen MR) is 83.2 cm³/mol. The van der Waals surface area contributed by atoms with E-state index in [9.17, 15) is 9.90 Å². The lowest BCUT2D eigenvalue weighted by atomic mass is 10.1. The Kier molecular flexibility index (Phi) is 4.02. The van der Waals surface area contributed by atoms with Crippen LogP contribution in [0.5, 0.6) is 0 Å². The van der Waals surface area contributed by atoms with Gasteiger partial charge in [0.15, 0.2) is 0 Å². The number of anilines is 1. The van der Waals surface area contributed by atoms with Gasteiger partial charge in [0.1, 0.15) is 5.82 Å². The van der Waals surface area contributed by atoms with E-state index in [2.05, 4.69) is 12.0 Å². The predicted octanol–water partition coefficient (Wildman–Crippen LogP) is 3.72. The van der Waals surface area contributed by atoms with Crippen molar-refractivity contribution in [1.82, 2.24) is 9.78 Å². The fourth-order valence-corrected chi connectivity index (χ4v) is 2.27. The average molecular weight is 287 g/mol. The van der Waals surface area contributed by atoms with Crippen LogP contribution < -0.4 is 4.90 Å². The first kappa shape index (κ1) is 15.1. The van der Waals surface area contributed by atoms with Crippen molar-refractivity contribution in [3.63, 3.8) is 0 Å². The van der Waals surface area contributed by atoms with E-state index in [1.807, 2.05) is 45.0 Å². The number of aromatic nitrogens is 2. The summed E-state index contributed by atoms with van der Waals surface area (Å²) in [6, 6.07) is 9.69. The van der Waals surface area contributed by atoms with Gasteiger partial charge >= 0.3 is 6.09 Å². The van der Waals surface area contributed by atoms with Gasteiger partial charge in [0.2, 0.25) is 0 Å². The molecule has 2 aromatic rings. The molecule has 1 heterocycles. The van der Waals surface area contributed by atoms with Crippen molar-refractivity contribution in [3.8, 4) is 5.69 Å². The highest BCUT2D eigenvalue weighted by atomic mass is 16.4. The van der Waals surface area contributed by atoms with Crippen LogP contribution in [0.4, 0.5) is 10.6 Å². The zero-order valence-electron chi connectivity index (χ0n) is 12.9. The van der Waals surface area contributed by atoms with Gasteiger partial charge in [0, 0.05) is 11.6 Å². The molecule has 1 aromatic carbocycles. The SMILES string of the molecule is CCc1ccc(-n2nccc2N(C(=O)O)C(C)(C)C)cc1. The lowest BCUT2D eigenvalue weighted by Gasteiger charge is -2.32. The highest BCUT2D eigenvalue weighted by Crippen LogP contribution is 2.26. The van der Waals surface area contributed by atoms with Gasteiger partial charge in [-0.25, -0.2) is 9.48 Å². The largest absolute Gasteiger partial charge is 0.465 e. The van der Waals surface area contributed by atoms with E-state index in [-0.39, 0.29) is 0 Å². The lowest BCUT2D eigenvalue weighted by molar-refractivity contribution is 0.195. The lowest BCUT2D eigenvalue weighted by Crippen LogP contribution is -2.46. The first-order valence-electron chi connectivity index (χ1n) is 7.01. The summed E-state index contributed by atoms with van der Waals surface area (Å²) in [5, 5.41) is 13.8. The quantitative estimate of drug-likeness (QED) is 0.936. The molecule has 0 saturated heterocycles. The first-order valence-corrected chi connectivity index (χ1v) is 7.01. The minimum atomic E-state index is -0.991. The number of aryl methyl sites for hydroxylation is 1. The van der Waals surface area contributed by atoms with Crippen molar-refractivity contribution in [2.45, 2.75) is 39.7 Å². The number of hydrogen-bond donors (Lipinski definition) is 1. The van der Waals surface area contributed by atoms with E-state index in [4.69, 9.17) is 0 Å². The maximum Gasteiger partial charge on any atom is 0.413 e. The Bertz CT molecular complexity index is 624. The van der Waals surface area contributed by atoms with Crippen molar-refractivity contribution in [1.29, 1.82) is 0 Å². The van der Waals surface area contributed by atoms with Gasteiger partial charge in [-0.3, -0.25) is 4.90 Å². The molecular formula is C16H21N3O2. The maximum absolute atomic E-state index is 11.6. The fraction of sp³-hybridized carbons (Fsp3) is 0.375. The molecule has 5 nitrogen and oxygen atoms in total. The van der Waals surface area contributed by atoms with E-state index >= 15 is 0 Å². The third-order valence-corrected chi connectivity index (χ3v) is 3.30. The number of amides is 1. The highest BCUT2D eigenvalue weighted by Gasteiger charge is 2.30. The first-order chi connectivity index (χ1) is 9.84. The van der Waals surface area contributed by atoms with E-state index < -0.39 is 11.6 Å². The molecule has 112 valence electrons. The number of carboxylic acid groups (broad SMARTS) is 1. The molecule has 0 unspecified atom stereocenters. The van der Waals surface area contributed by atoms with Gasteiger partial charge in [0.25, 0.3) is 0 Å². The maximum atomic E-state index is 11.6. The van der Waals surface area contributed by atoms with Crippen LogP contribution >= 0.6 is 0 Å². The molecule has 21 heavy (non-hydrogen) atoms. The molecular weight excluding hydrogens is 266 g/mol. The summed E-state index contributed by atoms with van der Waals surface area (Å²) in [4.78, 5) is 12.9. The van der Waals surface area contributed by atoms with Crippen LogP contribution in [0.1, 0.15) is 33.3 Å². The van der Waals surface area contributed by atoms with Crippen LogP contribution in [0.2, 0.25) is 0 Å². The van der Waals surface area contributed by atoms with Crippen LogP contribution in [0.15, 0.2) is 36.5 Å². The Labute approximate surface area is 124 Å². The second kappa shape index (κ2) is 5.60. The summed E-state index contributed by atoms with van der Waals surface area (Å²) in [7, 11) is 0. The molecule has 1 N–H and O–H groups in total. The second-order valence-electron chi connectivity index (χ2n) is 5.91. The van der Waals surface area contributed by atoms with E-state index in [1.54, 1.807) is 16.9 Å². The molecule has 0 fully saturated rings. The van der Waals surface area contributed by atoms with E-state index in [0.29, 0.717) is 5.82 Å². The van der Waals surface area contributed by atoms with Crippen LogP contribution in [0.3, 0.4) is 0 Å². The molecule has 5 heteroatoms. The van der Waals surface area contributed by atoms with E-state index in [1.165, 1.54) is 10.5 Å². The summed E-state index contributed by atoms with van der Waals surface area (Å²) in [6.07, 6.45) is 1.59. The van der Waals surface area contributed by atoms with Crippen molar-refractivity contribution < 1.29 is 9.90 Å². The highest BCUT2D eigenvalue weighted by molar-refractivity contribution is 5.86. The number of hydrogen-bond acceptors (Lipinski definition) is 2. The van der Waals surface area contributed by atoms with Gasteiger partial charge in [-0.2, -0.15) is 5.10 Å². The minimum Gasteiger partial charge on any atom is -0.465 e. The molecule has 0 aliphatic heterocycles. The van der Waals surface area contributed by atoms with E-state index in [0.717, 1.165) is 12.1 Å².